The van der Waals surface area contributed by atoms with E-state index in [1.54, 1.807) is 0 Å². The van der Waals surface area contributed by atoms with E-state index in [2.05, 4.69) is 23.6 Å². The van der Waals surface area contributed by atoms with Crippen molar-refractivity contribution in [2.75, 3.05) is 39.3 Å². The number of hydrogen-bond donors (Lipinski definition) is 1. The van der Waals surface area contributed by atoms with Gasteiger partial charge < -0.3 is 14.9 Å². The summed E-state index contributed by atoms with van der Waals surface area (Å²) in [4.78, 5) is 4.81. The van der Waals surface area contributed by atoms with Crippen LogP contribution >= 0.6 is 0 Å². The molecule has 0 bridgehead atoms. The van der Waals surface area contributed by atoms with Crippen LogP contribution in [0.15, 0.2) is 0 Å². The Morgan fingerprint density at radius 3 is 2.44 bits per heavy atom. The summed E-state index contributed by atoms with van der Waals surface area (Å²) in [5.74, 6) is 0. The molecule has 1 aliphatic carbocycles. The molecule has 18 heavy (non-hydrogen) atoms. The summed E-state index contributed by atoms with van der Waals surface area (Å²) in [6.45, 7) is 10.6. The largest absolute Gasteiger partial charge is 0.390 e. The Morgan fingerprint density at radius 1 is 1.17 bits per heavy atom. The molecule has 1 saturated heterocycles. The molecule has 2 aliphatic rings. The lowest BCUT2D eigenvalue weighted by Crippen LogP contribution is -2.40. The highest BCUT2D eigenvalue weighted by Crippen LogP contribution is 2.45. The van der Waals surface area contributed by atoms with Crippen LogP contribution in [0.5, 0.6) is 0 Å². The summed E-state index contributed by atoms with van der Waals surface area (Å²) in [5, 5.41) is 10.2. The number of likely N-dealkylation sites (N-methyl/N-ethyl adjacent to an activating group) is 1. The Labute approximate surface area is 112 Å². The highest BCUT2D eigenvalue weighted by molar-refractivity contribution is 4.93. The molecule has 1 aliphatic heterocycles. The van der Waals surface area contributed by atoms with E-state index in [0.29, 0.717) is 5.41 Å². The second-order valence-corrected chi connectivity index (χ2v) is 6.33. The zero-order valence-corrected chi connectivity index (χ0v) is 12.2. The first-order valence-corrected chi connectivity index (χ1v) is 7.80. The third kappa shape index (κ3) is 3.46. The van der Waals surface area contributed by atoms with Crippen molar-refractivity contribution in [3.05, 3.63) is 0 Å². The lowest BCUT2D eigenvalue weighted by molar-refractivity contribution is 0.0810. The van der Waals surface area contributed by atoms with Crippen LogP contribution in [-0.2, 0) is 0 Å². The first kappa shape index (κ1) is 14.3. The number of aliphatic hydroxyl groups excluding tert-OH is 1. The van der Waals surface area contributed by atoms with E-state index in [1.807, 2.05) is 0 Å². The second kappa shape index (κ2) is 6.36. The fourth-order valence-electron chi connectivity index (χ4n) is 3.85. The molecule has 2 fully saturated rings. The van der Waals surface area contributed by atoms with Crippen LogP contribution in [0.2, 0.25) is 0 Å². The number of nitrogens with zero attached hydrogens (tertiary/aromatic N) is 2. The van der Waals surface area contributed by atoms with Crippen molar-refractivity contribution >= 4 is 0 Å². The van der Waals surface area contributed by atoms with E-state index < -0.39 is 0 Å². The van der Waals surface area contributed by atoms with Crippen molar-refractivity contribution in [3.8, 4) is 0 Å². The normalized spacial score (nSPS) is 25.3. The minimum atomic E-state index is -0.179. The maximum Gasteiger partial charge on any atom is 0.0793 e. The smallest absolute Gasteiger partial charge is 0.0793 e. The van der Waals surface area contributed by atoms with Gasteiger partial charge in [-0.15, -0.1) is 0 Å². The molecule has 1 N–H and O–H groups in total. The number of aliphatic hydroxyl groups is 1. The lowest BCUT2D eigenvalue weighted by atomic mass is 9.86. The Balaban J connectivity index is 1.73. The molecular weight excluding hydrogens is 224 g/mol. The zero-order valence-electron chi connectivity index (χ0n) is 12.2. The van der Waals surface area contributed by atoms with Crippen LogP contribution in [0, 0.1) is 5.41 Å². The van der Waals surface area contributed by atoms with Crippen LogP contribution in [0.3, 0.4) is 0 Å². The van der Waals surface area contributed by atoms with Crippen molar-refractivity contribution in [1.82, 2.24) is 9.80 Å². The van der Waals surface area contributed by atoms with Gasteiger partial charge in [0.2, 0.25) is 0 Å². The Kier molecular flexibility index (Phi) is 5.05. The van der Waals surface area contributed by atoms with E-state index in [0.717, 1.165) is 26.2 Å². The van der Waals surface area contributed by atoms with E-state index >= 15 is 0 Å². The first-order valence-electron chi connectivity index (χ1n) is 7.80. The SMILES string of the molecule is CCN(CC)C[C@H](O)CN1CCC2(CCCC2)C1. The van der Waals surface area contributed by atoms with Gasteiger partial charge in [0.05, 0.1) is 6.10 Å². The van der Waals surface area contributed by atoms with Crippen molar-refractivity contribution < 1.29 is 5.11 Å². The van der Waals surface area contributed by atoms with Crippen molar-refractivity contribution in [2.45, 2.75) is 52.1 Å². The molecule has 2 rings (SSSR count). The second-order valence-electron chi connectivity index (χ2n) is 6.33. The van der Waals surface area contributed by atoms with Gasteiger partial charge in [0.25, 0.3) is 0 Å². The molecule has 0 radical (unpaired) electrons. The first-order chi connectivity index (χ1) is 8.67. The van der Waals surface area contributed by atoms with Crippen LogP contribution in [0.25, 0.3) is 0 Å². The minimum Gasteiger partial charge on any atom is -0.390 e. The summed E-state index contributed by atoms with van der Waals surface area (Å²) < 4.78 is 0. The van der Waals surface area contributed by atoms with Gasteiger partial charge in [-0.1, -0.05) is 26.7 Å². The highest BCUT2D eigenvalue weighted by Gasteiger charge is 2.40. The van der Waals surface area contributed by atoms with Gasteiger partial charge in [-0.2, -0.15) is 0 Å². The summed E-state index contributed by atoms with van der Waals surface area (Å²) in [5.41, 5.74) is 0.634. The van der Waals surface area contributed by atoms with Crippen LogP contribution in [0.1, 0.15) is 46.0 Å². The molecule has 106 valence electrons. The topological polar surface area (TPSA) is 26.7 Å². The van der Waals surface area contributed by atoms with Crippen molar-refractivity contribution in [1.29, 1.82) is 0 Å². The fraction of sp³-hybridized carbons (Fsp3) is 1.00. The van der Waals surface area contributed by atoms with Gasteiger partial charge in [0, 0.05) is 19.6 Å². The summed E-state index contributed by atoms with van der Waals surface area (Å²) in [7, 11) is 0. The Hall–Kier alpha value is -0.120. The van der Waals surface area contributed by atoms with Crippen molar-refractivity contribution in [2.24, 2.45) is 5.41 Å². The van der Waals surface area contributed by atoms with Crippen LogP contribution in [0.4, 0.5) is 0 Å². The molecule has 0 unspecified atom stereocenters. The maximum absolute atomic E-state index is 10.2. The van der Waals surface area contributed by atoms with E-state index in [1.165, 1.54) is 45.2 Å². The molecule has 3 nitrogen and oxygen atoms in total. The molecule has 0 aromatic rings. The van der Waals surface area contributed by atoms with E-state index in [9.17, 15) is 5.11 Å². The van der Waals surface area contributed by atoms with Gasteiger partial charge in [-0.25, -0.2) is 0 Å². The van der Waals surface area contributed by atoms with Gasteiger partial charge in [-0.05, 0) is 44.3 Å². The summed E-state index contributed by atoms with van der Waals surface area (Å²) >= 11 is 0. The summed E-state index contributed by atoms with van der Waals surface area (Å²) in [6.07, 6.45) is 6.89. The molecule has 0 aromatic carbocycles. The van der Waals surface area contributed by atoms with Crippen LogP contribution < -0.4 is 0 Å². The summed E-state index contributed by atoms with van der Waals surface area (Å²) in [6, 6.07) is 0. The molecule has 3 heteroatoms. The molecular formula is C15H30N2O. The molecule has 1 atom stereocenters. The fourth-order valence-corrected chi connectivity index (χ4v) is 3.85. The van der Waals surface area contributed by atoms with Crippen molar-refractivity contribution in [3.63, 3.8) is 0 Å². The third-order valence-corrected chi connectivity index (χ3v) is 5.01. The quantitative estimate of drug-likeness (QED) is 0.785. The number of likely N-dealkylation sites (tertiary alicyclic amines) is 1. The number of rotatable bonds is 6. The standard InChI is InChI=1S/C15H30N2O/c1-3-16(4-2)11-14(18)12-17-10-9-15(13-17)7-5-6-8-15/h14,18H,3-13H2,1-2H3/t14-/m0/s1. The Morgan fingerprint density at radius 2 is 1.83 bits per heavy atom. The average molecular weight is 254 g/mol. The van der Waals surface area contributed by atoms with E-state index in [-0.39, 0.29) is 6.10 Å². The van der Waals surface area contributed by atoms with Gasteiger partial charge in [-0.3, -0.25) is 0 Å². The molecule has 0 amide bonds. The average Bonchev–Trinajstić information content (AvgIpc) is 2.97. The third-order valence-electron chi connectivity index (χ3n) is 5.01. The maximum atomic E-state index is 10.2. The van der Waals surface area contributed by atoms with E-state index in [4.69, 9.17) is 0 Å². The lowest BCUT2D eigenvalue weighted by Gasteiger charge is -2.27. The molecule has 1 heterocycles. The molecule has 0 aromatic heterocycles. The number of β-amino-alcohol motifs (C(OH)–C–C–N with tert-alkyl or cyclic N) is 1. The predicted octanol–water partition coefficient (Wildman–Crippen LogP) is 1.96. The van der Waals surface area contributed by atoms with Gasteiger partial charge >= 0.3 is 0 Å². The van der Waals surface area contributed by atoms with Gasteiger partial charge in [0.15, 0.2) is 0 Å². The highest BCUT2D eigenvalue weighted by atomic mass is 16.3. The molecule has 1 saturated carbocycles. The molecule has 1 spiro atoms. The monoisotopic (exact) mass is 254 g/mol. The number of hydrogen-bond acceptors (Lipinski definition) is 3. The van der Waals surface area contributed by atoms with Crippen LogP contribution in [-0.4, -0.2) is 60.3 Å². The Bertz CT molecular complexity index is 247. The predicted molar refractivity (Wildman–Crippen MR) is 75.8 cm³/mol. The minimum absolute atomic E-state index is 0.179. The zero-order chi connectivity index (χ0) is 13.0. The van der Waals surface area contributed by atoms with Gasteiger partial charge in [0.1, 0.15) is 0 Å².